The molecule has 1 heterocycles. The monoisotopic (exact) mass is 186 g/mol. The zero-order valence-electron chi connectivity index (χ0n) is 7.97. The van der Waals surface area contributed by atoms with Gasteiger partial charge in [-0.15, -0.1) is 0 Å². The maximum Gasteiger partial charge on any atom is 0.112 e. The van der Waals surface area contributed by atoms with Crippen LogP contribution in [-0.2, 0) is 14.2 Å². The van der Waals surface area contributed by atoms with Gasteiger partial charge in [-0.25, -0.2) is 0 Å². The summed E-state index contributed by atoms with van der Waals surface area (Å²) in [6.45, 7) is 2.69. The van der Waals surface area contributed by atoms with Crippen molar-refractivity contribution in [2.45, 2.75) is 31.2 Å². The second-order valence-corrected chi connectivity index (χ2v) is 3.01. The third-order valence-electron chi connectivity index (χ3n) is 2.06. The van der Waals surface area contributed by atoms with Crippen LogP contribution in [0.2, 0.25) is 0 Å². The summed E-state index contributed by atoms with van der Waals surface area (Å²) >= 11 is 0. The smallest absolute Gasteiger partial charge is 0.112 e. The molecular weight excluding hydrogens is 171 g/mol. The van der Waals surface area contributed by atoms with E-state index in [0.29, 0.717) is 13.2 Å². The number of aliphatic hydroxyl groups excluding tert-OH is 1. The Balaban J connectivity index is 2.48. The molecule has 2 radical (unpaired) electrons. The van der Waals surface area contributed by atoms with Crippen molar-refractivity contribution >= 4 is 7.85 Å². The van der Waals surface area contributed by atoms with Gasteiger partial charge in [-0.3, -0.25) is 0 Å². The molecule has 1 rings (SSSR count). The molecule has 74 valence electrons. The molecular formula is C8H15BO4. The van der Waals surface area contributed by atoms with Gasteiger partial charge in [0.1, 0.15) is 26.2 Å². The molecule has 0 saturated carbocycles. The van der Waals surface area contributed by atoms with Crippen LogP contribution in [0.5, 0.6) is 0 Å². The van der Waals surface area contributed by atoms with E-state index in [1.807, 2.05) is 6.92 Å². The maximum absolute atomic E-state index is 9.67. The third-order valence-corrected chi connectivity index (χ3v) is 2.06. The van der Waals surface area contributed by atoms with E-state index in [9.17, 15) is 5.11 Å². The second kappa shape index (κ2) is 4.95. The Labute approximate surface area is 79.6 Å². The van der Waals surface area contributed by atoms with Gasteiger partial charge in [-0.2, -0.15) is 0 Å². The van der Waals surface area contributed by atoms with E-state index in [1.54, 1.807) is 7.11 Å². The highest BCUT2D eigenvalue weighted by Gasteiger charge is 2.41. The molecule has 0 aromatic heterocycles. The fourth-order valence-electron chi connectivity index (χ4n) is 1.45. The first-order chi connectivity index (χ1) is 6.20. The van der Waals surface area contributed by atoms with E-state index in [2.05, 4.69) is 0 Å². The van der Waals surface area contributed by atoms with E-state index >= 15 is 0 Å². The molecule has 0 spiro atoms. The summed E-state index contributed by atoms with van der Waals surface area (Å²) in [5.41, 5.74) is 0. The van der Waals surface area contributed by atoms with E-state index in [1.165, 1.54) is 0 Å². The minimum absolute atomic E-state index is 0.332. The Morgan fingerprint density at radius 3 is 2.77 bits per heavy atom. The normalized spacial score (nSPS) is 39.6. The average Bonchev–Trinajstić information content (AvgIpc) is 2.34. The van der Waals surface area contributed by atoms with Crippen LogP contribution in [-0.4, -0.2) is 57.6 Å². The third kappa shape index (κ3) is 2.43. The van der Waals surface area contributed by atoms with Crippen molar-refractivity contribution in [2.75, 3.05) is 20.3 Å². The summed E-state index contributed by atoms with van der Waals surface area (Å²) in [5.74, 6) is 0. The first kappa shape index (κ1) is 11.0. The minimum atomic E-state index is -0.699. The summed E-state index contributed by atoms with van der Waals surface area (Å²) in [6, 6.07) is -0.560. The van der Waals surface area contributed by atoms with Gasteiger partial charge in [0.05, 0.1) is 6.61 Å². The van der Waals surface area contributed by atoms with Gasteiger partial charge in [0.15, 0.2) is 0 Å². The molecule has 1 fully saturated rings. The van der Waals surface area contributed by atoms with Crippen LogP contribution in [0.4, 0.5) is 0 Å². The fourth-order valence-corrected chi connectivity index (χ4v) is 1.45. The Kier molecular flexibility index (Phi) is 4.19. The van der Waals surface area contributed by atoms with E-state index < -0.39 is 18.2 Å². The van der Waals surface area contributed by atoms with E-state index in [0.717, 1.165) is 0 Å². The number of aliphatic hydroxyl groups is 1. The summed E-state index contributed by atoms with van der Waals surface area (Å²) in [4.78, 5) is 0. The molecule has 0 unspecified atom stereocenters. The molecule has 0 amide bonds. The molecule has 0 aromatic carbocycles. The average molecular weight is 186 g/mol. The molecule has 1 N–H and O–H groups in total. The first-order valence-electron chi connectivity index (χ1n) is 4.40. The Bertz CT molecular complexity index is 155. The lowest BCUT2D eigenvalue weighted by molar-refractivity contribution is -0.0312. The van der Waals surface area contributed by atoms with Crippen LogP contribution in [0, 0.1) is 0 Å². The zero-order chi connectivity index (χ0) is 9.84. The summed E-state index contributed by atoms with van der Waals surface area (Å²) in [6.07, 6.45) is -1.52. The molecule has 1 aliphatic rings. The lowest BCUT2D eigenvalue weighted by Crippen LogP contribution is -2.36. The molecule has 0 bridgehead atoms. The van der Waals surface area contributed by atoms with Gasteiger partial charge in [0.2, 0.25) is 0 Å². The molecule has 4 atom stereocenters. The van der Waals surface area contributed by atoms with Crippen LogP contribution >= 0.6 is 0 Å². The van der Waals surface area contributed by atoms with Crippen molar-refractivity contribution in [3.8, 4) is 0 Å². The van der Waals surface area contributed by atoms with Crippen LogP contribution < -0.4 is 0 Å². The van der Waals surface area contributed by atoms with Gasteiger partial charge < -0.3 is 19.3 Å². The number of hydrogen-bond acceptors (Lipinski definition) is 4. The van der Waals surface area contributed by atoms with E-state index in [-0.39, 0.29) is 6.10 Å². The maximum atomic E-state index is 9.67. The van der Waals surface area contributed by atoms with Crippen molar-refractivity contribution in [3.05, 3.63) is 0 Å². The molecule has 5 heteroatoms. The van der Waals surface area contributed by atoms with Gasteiger partial charge in [0.25, 0.3) is 0 Å². The number of ether oxygens (including phenoxy) is 3. The highest BCUT2D eigenvalue weighted by Crippen LogP contribution is 2.22. The molecule has 13 heavy (non-hydrogen) atoms. The van der Waals surface area contributed by atoms with Crippen molar-refractivity contribution in [3.63, 3.8) is 0 Å². The Morgan fingerprint density at radius 1 is 1.54 bits per heavy atom. The van der Waals surface area contributed by atoms with Crippen LogP contribution in [0.25, 0.3) is 0 Å². The van der Waals surface area contributed by atoms with Gasteiger partial charge in [0, 0.05) is 19.7 Å². The quantitative estimate of drug-likeness (QED) is 0.589. The predicted octanol–water partition coefficient (Wildman–Crippen LogP) is -0.708. The van der Waals surface area contributed by atoms with Crippen molar-refractivity contribution in [2.24, 2.45) is 0 Å². The topological polar surface area (TPSA) is 47.9 Å². The molecule has 0 aromatic rings. The lowest BCUT2D eigenvalue weighted by Gasteiger charge is -2.17. The summed E-state index contributed by atoms with van der Waals surface area (Å²) < 4.78 is 15.4. The number of hydrogen-bond donors (Lipinski definition) is 1. The Morgan fingerprint density at radius 2 is 2.23 bits per heavy atom. The van der Waals surface area contributed by atoms with Crippen molar-refractivity contribution < 1.29 is 19.3 Å². The van der Waals surface area contributed by atoms with Crippen LogP contribution in [0.3, 0.4) is 0 Å². The SMILES string of the molecule is [B][C@@H]1O[C@H](COC)[C@H](O)[C@@H]1OCC. The predicted molar refractivity (Wildman–Crippen MR) is 47.7 cm³/mol. The number of rotatable bonds is 4. The number of methoxy groups -OCH3 is 1. The molecule has 0 aliphatic carbocycles. The van der Waals surface area contributed by atoms with Gasteiger partial charge in [-0.05, 0) is 6.92 Å². The van der Waals surface area contributed by atoms with Gasteiger partial charge in [-0.1, -0.05) is 0 Å². The highest BCUT2D eigenvalue weighted by atomic mass is 16.6. The Hall–Kier alpha value is -0.0951. The zero-order valence-corrected chi connectivity index (χ0v) is 7.97. The fraction of sp³-hybridized carbons (Fsp3) is 1.00. The standard InChI is InChI=1S/C8H15BO4/c1-3-12-7-6(10)5(4-11-2)13-8(7)9/h5-8,10H,3-4H2,1-2H3/t5-,6+,7+,8-/m1/s1. The molecule has 1 saturated heterocycles. The second-order valence-electron chi connectivity index (χ2n) is 3.01. The highest BCUT2D eigenvalue weighted by molar-refractivity contribution is 6.11. The van der Waals surface area contributed by atoms with E-state index in [4.69, 9.17) is 22.1 Å². The van der Waals surface area contributed by atoms with Crippen molar-refractivity contribution in [1.82, 2.24) is 0 Å². The molecule has 1 aliphatic heterocycles. The van der Waals surface area contributed by atoms with Crippen LogP contribution in [0.15, 0.2) is 0 Å². The summed E-state index contributed by atoms with van der Waals surface area (Å²) in [5, 5.41) is 9.67. The van der Waals surface area contributed by atoms with Crippen LogP contribution in [0.1, 0.15) is 6.92 Å². The van der Waals surface area contributed by atoms with Crippen molar-refractivity contribution in [1.29, 1.82) is 0 Å². The summed E-state index contributed by atoms with van der Waals surface area (Å²) in [7, 11) is 7.16. The lowest BCUT2D eigenvalue weighted by atomic mass is 9.93. The van der Waals surface area contributed by atoms with Gasteiger partial charge >= 0.3 is 0 Å². The first-order valence-corrected chi connectivity index (χ1v) is 4.40. The largest absolute Gasteiger partial charge is 0.388 e. The molecule has 4 nitrogen and oxygen atoms in total. The minimum Gasteiger partial charge on any atom is -0.388 e.